The molecule has 3 aromatic rings. The normalized spacial score (nSPS) is 17.4. The molecule has 0 radical (unpaired) electrons. The summed E-state index contributed by atoms with van der Waals surface area (Å²) in [5.41, 5.74) is 3.85. The van der Waals surface area contributed by atoms with Crippen LogP contribution >= 0.6 is 11.3 Å². The highest BCUT2D eigenvalue weighted by molar-refractivity contribution is 7.14. The monoisotopic (exact) mass is 476 g/mol. The third-order valence-electron chi connectivity index (χ3n) is 6.20. The van der Waals surface area contributed by atoms with Crippen LogP contribution in [0.15, 0.2) is 60.0 Å². The molecule has 0 spiro atoms. The van der Waals surface area contributed by atoms with Crippen LogP contribution in [0, 0.1) is 5.92 Å². The Morgan fingerprint density at radius 3 is 2.62 bits per heavy atom. The Labute approximate surface area is 203 Å². The van der Waals surface area contributed by atoms with Crippen LogP contribution in [-0.2, 0) is 16.1 Å². The molecule has 34 heavy (non-hydrogen) atoms. The Morgan fingerprint density at radius 2 is 1.85 bits per heavy atom. The maximum absolute atomic E-state index is 12.9. The fourth-order valence-corrected chi connectivity index (χ4v) is 4.78. The predicted octanol–water partition coefficient (Wildman–Crippen LogP) is 5.37. The average Bonchev–Trinajstić information content (AvgIpc) is 3.36. The van der Waals surface area contributed by atoms with Gasteiger partial charge in [-0.2, -0.15) is 0 Å². The SMILES string of the molecule is O=C(Nc1nc(-c2ccc(NCC3CC3)cc2)cs1)[C@@H]1CCCN1C(=O)OCc1ccccc1. The van der Waals surface area contributed by atoms with Gasteiger partial charge in [-0.15, -0.1) is 11.3 Å². The van der Waals surface area contributed by atoms with E-state index in [0.717, 1.165) is 41.4 Å². The first-order chi connectivity index (χ1) is 16.7. The van der Waals surface area contributed by atoms with Crippen molar-refractivity contribution >= 4 is 34.2 Å². The van der Waals surface area contributed by atoms with Gasteiger partial charge in [0.15, 0.2) is 5.13 Å². The minimum atomic E-state index is -0.549. The van der Waals surface area contributed by atoms with Gasteiger partial charge in [0.2, 0.25) is 5.91 Å². The highest BCUT2D eigenvalue weighted by atomic mass is 32.1. The molecule has 8 heteroatoms. The molecular formula is C26H28N4O3S. The summed E-state index contributed by atoms with van der Waals surface area (Å²) in [6, 6.07) is 17.2. The van der Waals surface area contributed by atoms with E-state index in [1.807, 2.05) is 47.8 Å². The smallest absolute Gasteiger partial charge is 0.410 e. The Balaban J connectivity index is 1.16. The number of hydrogen-bond acceptors (Lipinski definition) is 6. The van der Waals surface area contributed by atoms with Gasteiger partial charge < -0.3 is 15.4 Å². The molecule has 0 bridgehead atoms. The number of rotatable bonds is 8. The quantitative estimate of drug-likeness (QED) is 0.457. The standard InChI is InChI=1S/C26H28N4O3S/c31-24(23-7-4-14-30(23)26(32)33-16-19-5-2-1-3-6-19)29-25-28-22(17-34-25)20-10-12-21(13-11-20)27-15-18-8-9-18/h1-3,5-6,10-13,17-18,23,27H,4,7-9,14-16H2,(H,28,29,31)/t23-/m0/s1. The number of likely N-dealkylation sites (tertiary alicyclic amines) is 1. The van der Waals surface area contributed by atoms with E-state index in [9.17, 15) is 9.59 Å². The van der Waals surface area contributed by atoms with E-state index >= 15 is 0 Å². The summed E-state index contributed by atoms with van der Waals surface area (Å²) in [5.74, 6) is 0.598. The number of carbonyl (C=O) groups is 2. The highest BCUT2D eigenvalue weighted by Crippen LogP contribution is 2.30. The van der Waals surface area contributed by atoms with Gasteiger partial charge in [0.05, 0.1) is 5.69 Å². The lowest BCUT2D eigenvalue weighted by Gasteiger charge is -2.22. The summed E-state index contributed by atoms with van der Waals surface area (Å²) < 4.78 is 5.44. The third-order valence-corrected chi connectivity index (χ3v) is 6.96. The number of aromatic nitrogens is 1. The lowest BCUT2D eigenvalue weighted by atomic mass is 10.1. The first-order valence-electron chi connectivity index (χ1n) is 11.7. The number of benzene rings is 2. The van der Waals surface area contributed by atoms with E-state index in [1.165, 1.54) is 29.1 Å². The van der Waals surface area contributed by atoms with Crippen LogP contribution in [0.1, 0.15) is 31.2 Å². The minimum Gasteiger partial charge on any atom is -0.445 e. The zero-order valence-electron chi connectivity index (χ0n) is 18.9. The molecule has 2 aromatic carbocycles. The van der Waals surface area contributed by atoms with E-state index in [1.54, 1.807) is 0 Å². The van der Waals surface area contributed by atoms with Crippen LogP contribution in [0.25, 0.3) is 11.3 Å². The number of nitrogens with one attached hydrogen (secondary N) is 2. The maximum atomic E-state index is 12.9. The molecule has 1 atom stereocenters. The van der Waals surface area contributed by atoms with Crippen LogP contribution in [0.3, 0.4) is 0 Å². The van der Waals surface area contributed by atoms with Crippen molar-refractivity contribution in [1.29, 1.82) is 0 Å². The number of nitrogens with zero attached hydrogens (tertiary/aromatic N) is 2. The van der Waals surface area contributed by atoms with Crippen LogP contribution in [0.5, 0.6) is 0 Å². The Kier molecular flexibility index (Phi) is 6.76. The Hall–Kier alpha value is -3.39. The van der Waals surface area contributed by atoms with Gasteiger partial charge >= 0.3 is 6.09 Å². The van der Waals surface area contributed by atoms with Crippen molar-refractivity contribution in [2.24, 2.45) is 5.92 Å². The average molecular weight is 477 g/mol. The van der Waals surface area contributed by atoms with Crippen molar-refractivity contribution in [3.63, 3.8) is 0 Å². The van der Waals surface area contributed by atoms with E-state index in [4.69, 9.17) is 4.74 Å². The molecule has 2 N–H and O–H groups in total. The summed E-state index contributed by atoms with van der Waals surface area (Å²) in [6.45, 7) is 1.73. The van der Waals surface area contributed by atoms with Crippen molar-refractivity contribution in [2.45, 2.75) is 38.3 Å². The molecule has 7 nitrogen and oxygen atoms in total. The number of carbonyl (C=O) groups excluding carboxylic acids is 2. The molecule has 1 aliphatic heterocycles. The fraction of sp³-hybridized carbons (Fsp3) is 0.346. The molecule has 0 unspecified atom stereocenters. The number of ether oxygens (including phenoxy) is 1. The Bertz CT molecular complexity index is 1130. The van der Waals surface area contributed by atoms with Crippen LogP contribution in [-0.4, -0.2) is 41.0 Å². The van der Waals surface area contributed by atoms with Crippen LogP contribution in [0.2, 0.25) is 0 Å². The van der Waals surface area contributed by atoms with Gasteiger partial charge in [-0.1, -0.05) is 42.5 Å². The van der Waals surface area contributed by atoms with Crippen LogP contribution in [0.4, 0.5) is 15.6 Å². The third kappa shape index (κ3) is 5.56. The molecule has 2 fully saturated rings. The Morgan fingerprint density at radius 1 is 1.06 bits per heavy atom. The summed E-state index contributed by atoms with van der Waals surface area (Å²) in [7, 11) is 0. The zero-order chi connectivity index (χ0) is 23.3. The molecule has 5 rings (SSSR count). The lowest BCUT2D eigenvalue weighted by Crippen LogP contribution is -2.43. The second-order valence-corrected chi connectivity index (χ2v) is 9.68. The summed E-state index contributed by atoms with van der Waals surface area (Å²) in [4.78, 5) is 31.6. The van der Waals surface area contributed by atoms with Gasteiger partial charge in [-0.25, -0.2) is 9.78 Å². The number of hydrogen-bond donors (Lipinski definition) is 2. The largest absolute Gasteiger partial charge is 0.445 e. The van der Waals surface area contributed by atoms with Gasteiger partial charge in [-0.3, -0.25) is 9.69 Å². The summed E-state index contributed by atoms with van der Waals surface area (Å²) >= 11 is 1.38. The number of anilines is 2. The second-order valence-electron chi connectivity index (χ2n) is 8.82. The fourth-order valence-electron chi connectivity index (χ4n) is 4.06. The topological polar surface area (TPSA) is 83.6 Å². The predicted molar refractivity (Wildman–Crippen MR) is 134 cm³/mol. The van der Waals surface area contributed by atoms with E-state index in [2.05, 4.69) is 27.8 Å². The molecular weight excluding hydrogens is 448 g/mol. The van der Waals surface area contributed by atoms with Crippen molar-refractivity contribution in [3.8, 4) is 11.3 Å². The molecule has 2 aliphatic rings. The molecule has 1 aromatic heterocycles. The van der Waals surface area contributed by atoms with Gasteiger partial charge in [0.1, 0.15) is 12.6 Å². The number of thiazole rings is 1. The van der Waals surface area contributed by atoms with E-state index in [-0.39, 0.29) is 12.5 Å². The lowest BCUT2D eigenvalue weighted by molar-refractivity contribution is -0.120. The van der Waals surface area contributed by atoms with E-state index < -0.39 is 12.1 Å². The molecule has 2 heterocycles. The van der Waals surface area contributed by atoms with Crippen molar-refractivity contribution in [2.75, 3.05) is 23.7 Å². The summed E-state index contributed by atoms with van der Waals surface area (Å²) in [5, 5.41) is 8.81. The molecule has 176 valence electrons. The van der Waals surface area contributed by atoms with Crippen molar-refractivity contribution in [1.82, 2.24) is 9.88 Å². The first kappa shape index (κ1) is 22.4. The number of amides is 2. The van der Waals surface area contributed by atoms with Crippen molar-refractivity contribution in [3.05, 3.63) is 65.5 Å². The molecule has 1 saturated heterocycles. The maximum Gasteiger partial charge on any atom is 0.410 e. The van der Waals surface area contributed by atoms with Gasteiger partial charge in [0, 0.05) is 29.7 Å². The second kappa shape index (κ2) is 10.3. The molecule has 1 aliphatic carbocycles. The van der Waals surface area contributed by atoms with Crippen LogP contribution < -0.4 is 10.6 Å². The van der Waals surface area contributed by atoms with Gasteiger partial charge in [-0.05, 0) is 49.3 Å². The minimum absolute atomic E-state index is 0.190. The highest BCUT2D eigenvalue weighted by Gasteiger charge is 2.35. The zero-order valence-corrected chi connectivity index (χ0v) is 19.7. The van der Waals surface area contributed by atoms with Crippen molar-refractivity contribution < 1.29 is 14.3 Å². The van der Waals surface area contributed by atoms with Gasteiger partial charge in [0.25, 0.3) is 0 Å². The molecule has 1 saturated carbocycles. The van der Waals surface area contributed by atoms with E-state index in [0.29, 0.717) is 18.1 Å². The summed E-state index contributed by atoms with van der Waals surface area (Å²) in [6.07, 6.45) is 3.57. The molecule has 2 amide bonds. The first-order valence-corrected chi connectivity index (χ1v) is 12.6.